The van der Waals surface area contributed by atoms with Crippen molar-refractivity contribution in [3.8, 4) is 11.1 Å². The van der Waals surface area contributed by atoms with Crippen LogP contribution in [0.15, 0.2) is 65.6 Å². The lowest BCUT2D eigenvalue weighted by molar-refractivity contribution is 0.0283. The second-order valence-corrected chi connectivity index (χ2v) is 10.6. The molecule has 0 unspecified atom stereocenters. The van der Waals surface area contributed by atoms with Gasteiger partial charge in [0, 0.05) is 12.6 Å². The van der Waals surface area contributed by atoms with E-state index in [2.05, 4.69) is 0 Å². The molecule has 0 saturated heterocycles. The van der Waals surface area contributed by atoms with E-state index < -0.39 is 46.3 Å². The molecule has 0 spiro atoms. The normalized spacial score (nSPS) is 13.1. The van der Waals surface area contributed by atoms with Gasteiger partial charge in [-0.05, 0) is 42.3 Å². The fourth-order valence-electron chi connectivity index (χ4n) is 3.18. The Labute approximate surface area is 223 Å². The Balaban J connectivity index is 1.73. The number of carbonyl (C=O) groups is 1. The molecule has 0 aliphatic heterocycles. The van der Waals surface area contributed by atoms with Crippen LogP contribution in [-0.4, -0.2) is 39.5 Å². The fraction of sp³-hybridized carbons (Fsp3) is 0.200. The van der Waals surface area contributed by atoms with Crippen LogP contribution in [0.4, 0.5) is 4.39 Å². The topological polar surface area (TPSA) is 93.5 Å². The first-order valence-corrected chi connectivity index (χ1v) is 13.1. The molecule has 0 saturated carbocycles. The number of benzene rings is 3. The van der Waals surface area contributed by atoms with Crippen molar-refractivity contribution in [1.29, 1.82) is 5.41 Å². The third kappa shape index (κ3) is 7.27. The lowest BCUT2D eigenvalue weighted by Crippen LogP contribution is -2.29. The maximum atomic E-state index is 13.9. The zero-order valence-corrected chi connectivity index (χ0v) is 22.0. The highest BCUT2D eigenvalue weighted by Crippen LogP contribution is 2.33. The van der Waals surface area contributed by atoms with Crippen LogP contribution in [0.1, 0.15) is 22.3 Å². The number of rotatable bonds is 10. The Kier molecular flexibility index (Phi) is 9.49. The van der Waals surface area contributed by atoms with E-state index in [0.717, 1.165) is 28.8 Å². The fourth-order valence-corrected chi connectivity index (χ4v) is 5.23. The van der Waals surface area contributed by atoms with Gasteiger partial charge in [-0.3, -0.25) is 4.18 Å². The van der Waals surface area contributed by atoms with Crippen LogP contribution in [0.5, 0.6) is 0 Å². The van der Waals surface area contributed by atoms with E-state index >= 15 is 0 Å². The minimum absolute atomic E-state index is 0.0344. The summed E-state index contributed by atoms with van der Waals surface area (Å²) in [5.74, 6) is -0.755. The van der Waals surface area contributed by atoms with E-state index in [1.807, 2.05) is 31.2 Å². The van der Waals surface area contributed by atoms with Gasteiger partial charge in [0.2, 0.25) is 0 Å². The van der Waals surface area contributed by atoms with Gasteiger partial charge < -0.3 is 10.1 Å². The van der Waals surface area contributed by atoms with Crippen LogP contribution in [-0.2, 0) is 19.0 Å². The highest BCUT2D eigenvalue weighted by atomic mass is 35.5. The van der Waals surface area contributed by atoms with Gasteiger partial charge in [-0.1, -0.05) is 76.8 Å². The summed E-state index contributed by atoms with van der Waals surface area (Å²) in [5.41, 5.74) is 3.20. The minimum Gasteiger partial charge on any atom is -0.459 e. The van der Waals surface area contributed by atoms with E-state index in [1.165, 1.54) is 0 Å². The molecule has 1 N–H and O–H groups in total. The third-order valence-electron chi connectivity index (χ3n) is 5.08. The molecule has 0 aromatic heterocycles. The van der Waals surface area contributed by atoms with Gasteiger partial charge in [0.25, 0.3) is 10.1 Å². The molecule has 0 fully saturated rings. The third-order valence-corrected chi connectivity index (χ3v) is 7.63. The Morgan fingerprint density at radius 1 is 0.972 bits per heavy atom. The summed E-state index contributed by atoms with van der Waals surface area (Å²) in [6.07, 6.45) is -3.34. The summed E-state index contributed by atoms with van der Waals surface area (Å²) >= 11 is 17.7. The standard InChI is InChI=1S/C25H21Cl3FNO5S/c1-15-2-4-16(5-3-15)17-6-8-18(9-7-17)25(31)34-14-20(10-19(29)13-30)35-36(32,33)24-12-22(27)21(26)11-23(24)28/h2-9,11-13,19-20,30H,10,14H2,1H3/t19-,20-/m0/s1. The summed E-state index contributed by atoms with van der Waals surface area (Å²) in [5, 5.41) is 6.77. The van der Waals surface area contributed by atoms with Crippen molar-refractivity contribution in [2.45, 2.75) is 30.5 Å². The van der Waals surface area contributed by atoms with Crippen LogP contribution in [0.2, 0.25) is 15.1 Å². The van der Waals surface area contributed by atoms with Crippen LogP contribution in [0.25, 0.3) is 11.1 Å². The molecule has 6 nitrogen and oxygen atoms in total. The highest BCUT2D eigenvalue weighted by Gasteiger charge is 2.28. The van der Waals surface area contributed by atoms with Gasteiger partial charge in [0.1, 0.15) is 23.8 Å². The lowest BCUT2D eigenvalue weighted by atomic mass is 10.0. The molecule has 3 rings (SSSR count). The molecule has 36 heavy (non-hydrogen) atoms. The second kappa shape index (κ2) is 12.2. The van der Waals surface area contributed by atoms with Crippen molar-refractivity contribution in [3.63, 3.8) is 0 Å². The van der Waals surface area contributed by atoms with Gasteiger partial charge in [-0.2, -0.15) is 8.42 Å². The average molecular weight is 573 g/mol. The Morgan fingerprint density at radius 3 is 2.11 bits per heavy atom. The van der Waals surface area contributed by atoms with E-state index in [1.54, 1.807) is 24.3 Å². The molecule has 190 valence electrons. The van der Waals surface area contributed by atoms with E-state index in [-0.39, 0.29) is 20.6 Å². The number of carbonyl (C=O) groups excluding carboxylic acids is 1. The first kappa shape index (κ1) is 28.1. The summed E-state index contributed by atoms with van der Waals surface area (Å²) in [7, 11) is -4.54. The van der Waals surface area contributed by atoms with Crippen LogP contribution in [0.3, 0.4) is 0 Å². The largest absolute Gasteiger partial charge is 0.459 e. The molecule has 0 radical (unpaired) electrons. The first-order chi connectivity index (χ1) is 17.0. The number of nitrogens with one attached hydrogen (secondary N) is 1. The van der Waals surface area contributed by atoms with Crippen molar-refractivity contribution >= 4 is 57.1 Å². The summed E-state index contributed by atoms with van der Waals surface area (Å²) in [4.78, 5) is 12.1. The van der Waals surface area contributed by atoms with Crippen LogP contribution < -0.4 is 0 Å². The number of esters is 1. The van der Waals surface area contributed by atoms with Gasteiger partial charge in [0.15, 0.2) is 0 Å². The number of hydrogen-bond donors (Lipinski definition) is 1. The predicted octanol–water partition coefficient (Wildman–Crippen LogP) is 6.93. The van der Waals surface area contributed by atoms with Crippen molar-refractivity contribution in [2.75, 3.05) is 6.61 Å². The number of halogens is 4. The summed E-state index contributed by atoms with van der Waals surface area (Å²) in [6.45, 7) is 1.39. The number of ether oxygens (including phenoxy) is 1. The van der Waals surface area contributed by atoms with Crippen LogP contribution in [0, 0.1) is 12.3 Å². The summed E-state index contributed by atoms with van der Waals surface area (Å²) in [6, 6.07) is 16.6. The average Bonchev–Trinajstić information content (AvgIpc) is 2.84. The minimum atomic E-state index is -4.54. The number of aryl methyl sites for hydroxylation is 1. The second-order valence-electron chi connectivity index (χ2n) is 7.83. The molecule has 0 amide bonds. The van der Waals surface area contributed by atoms with Crippen LogP contribution >= 0.6 is 34.8 Å². The number of hydrogen-bond acceptors (Lipinski definition) is 6. The maximum absolute atomic E-state index is 13.9. The zero-order chi connectivity index (χ0) is 26.5. The first-order valence-electron chi connectivity index (χ1n) is 10.6. The van der Waals surface area contributed by atoms with Gasteiger partial charge in [0.05, 0.1) is 20.6 Å². The Morgan fingerprint density at radius 2 is 1.53 bits per heavy atom. The Bertz CT molecular complexity index is 1350. The van der Waals surface area contributed by atoms with E-state index in [9.17, 15) is 17.6 Å². The van der Waals surface area contributed by atoms with E-state index in [0.29, 0.717) is 6.21 Å². The molecular weight excluding hydrogens is 552 g/mol. The molecular formula is C25H21Cl3FNO5S. The lowest BCUT2D eigenvalue weighted by Gasteiger charge is -2.19. The molecule has 3 aromatic rings. The molecule has 2 atom stereocenters. The Hall–Kier alpha value is -2.49. The summed E-state index contributed by atoms with van der Waals surface area (Å²) < 4.78 is 49.8. The zero-order valence-electron chi connectivity index (χ0n) is 18.9. The van der Waals surface area contributed by atoms with Gasteiger partial charge in [-0.25, -0.2) is 9.18 Å². The molecule has 0 bridgehead atoms. The quantitative estimate of drug-likeness (QED) is 0.123. The van der Waals surface area contributed by atoms with Gasteiger partial charge >= 0.3 is 5.97 Å². The molecule has 3 aromatic carbocycles. The maximum Gasteiger partial charge on any atom is 0.338 e. The van der Waals surface area contributed by atoms with Crippen molar-refractivity contribution in [1.82, 2.24) is 0 Å². The number of alkyl halides is 1. The van der Waals surface area contributed by atoms with Crippen molar-refractivity contribution in [3.05, 3.63) is 86.9 Å². The smallest absolute Gasteiger partial charge is 0.338 e. The van der Waals surface area contributed by atoms with Gasteiger partial charge in [-0.15, -0.1) is 0 Å². The SMILES string of the molecule is Cc1ccc(-c2ccc(C(=O)OC[C@H](C[C@H](F)C=N)OS(=O)(=O)c3cc(Cl)c(Cl)cc3Cl)cc2)cc1. The molecule has 0 aliphatic carbocycles. The molecule has 11 heteroatoms. The molecule has 0 heterocycles. The highest BCUT2D eigenvalue weighted by molar-refractivity contribution is 7.87. The monoisotopic (exact) mass is 571 g/mol. The van der Waals surface area contributed by atoms with Crippen molar-refractivity contribution < 1.29 is 26.5 Å². The van der Waals surface area contributed by atoms with E-state index in [4.69, 9.17) is 49.1 Å². The van der Waals surface area contributed by atoms with Crippen molar-refractivity contribution in [2.24, 2.45) is 0 Å². The molecule has 0 aliphatic rings. The predicted molar refractivity (Wildman–Crippen MR) is 139 cm³/mol.